The largest absolute Gasteiger partial charge is 0.197 e. The molecule has 0 aromatic rings. The van der Waals surface area contributed by atoms with Crippen LogP contribution in [-0.2, 0) is 0 Å². The number of hydrogen-bond donors (Lipinski definition) is 0. The monoisotopic (exact) mass is 143 g/mol. The second-order valence-electron chi connectivity index (χ2n) is 2.19. The minimum atomic E-state index is 0.643. The zero-order valence-electron chi connectivity index (χ0n) is 6.05. The smallest absolute Gasteiger partial charge is 0.0808 e. The summed E-state index contributed by atoms with van der Waals surface area (Å²) >= 11 is 1.72. The van der Waals surface area contributed by atoms with E-state index in [0.717, 1.165) is 11.7 Å². The Hall–Kier alpha value is -0.160. The fourth-order valence-corrected chi connectivity index (χ4v) is 1.27. The van der Waals surface area contributed by atoms with Crippen molar-refractivity contribution in [1.82, 2.24) is 0 Å². The lowest BCUT2D eigenvalue weighted by Gasteiger charge is -2.03. The highest BCUT2D eigenvalue weighted by Crippen LogP contribution is 2.09. The molecule has 0 saturated heterocycles. The molecule has 1 atom stereocenters. The summed E-state index contributed by atoms with van der Waals surface area (Å²) in [5.41, 5.74) is 0. The summed E-state index contributed by atoms with van der Waals surface area (Å²) in [5.74, 6) is 2.54. The van der Waals surface area contributed by atoms with Crippen LogP contribution in [0.2, 0.25) is 0 Å². The molecule has 0 heterocycles. The van der Waals surface area contributed by atoms with Crippen molar-refractivity contribution in [3.8, 4) is 6.07 Å². The number of hydrogen-bond acceptors (Lipinski definition) is 2. The van der Waals surface area contributed by atoms with E-state index in [9.17, 15) is 0 Å². The molecule has 0 N–H and O–H groups in total. The Kier molecular flexibility index (Phi) is 5.86. The lowest BCUT2D eigenvalue weighted by molar-refractivity contribution is 0.637. The van der Waals surface area contributed by atoms with Crippen LogP contribution in [-0.4, -0.2) is 11.5 Å². The standard InChI is InChI=1S/C7H13NS/c1-3-7(2)6-9-5-4-8/h7H,3,5-6H2,1-2H3. The van der Waals surface area contributed by atoms with Gasteiger partial charge >= 0.3 is 0 Å². The van der Waals surface area contributed by atoms with Crippen LogP contribution in [0.1, 0.15) is 20.3 Å². The van der Waals surface area contributed by atoms with Crippen molar-refractivity contribution in [2.24, 2.45) is 5.92 Å². The third-order valence-corrected chi connectivity index (χ3v) is 2.40. The van der Waals surface area contributed by atoms with Crippen molar-refractivity contribution < 1.29 is 0 Å². The van der Waals surface area contributed by atoms with Gasteiger partial charge in [0, 0.05) is 0 Å². The zero-order valence-corrected chi connectivity index (χ0v) is 6.87. The highest BCUT2D eigenvalue weighted by Gasteiger charge is 1.96. The van der Waals surface area contributed by atoms with Gasteiger partial charge in [-0.05, 0) is 11.7 Å². The Labute approximate surface area is 61.4 Å². The molecule has 0 radical (unpaired) electrons. The molecule has 1 nitrogen and oxygen atoms in total. The Balaban J connectivity index is 2.99. The van der Waals surface area contributed by atoms with Crippen molar-refractivity contribution in [1.29, 1.82) is 5.26 Å². The van der Waals surface area contributed by atoms with Gasteiger partial charge in [0.15, 0.2) is 0 Å². The van der Waals surface area contributed by atoms with Crippen LogP contribution in [0.25, 0.3) is 0 Å². The maximum Gasteiger partial charge on any atom is 0.0808 e. The lowest BCUT2D eigenvalue weighted by atomic mass is 10.2. The van der Waals surface area contributed by atoms with Crippen molar-refractivity contribution in [3.05, 3.63) is 0 Å². The highest BCUT2D eigenvalue weighted by atomic mass is 32.2. The van der Waals surface area contributed by atoms with E-state index in [2.05, 4.69) is 19.9 Å². The van der Waals surface area contributed by atoms with Gasteiger partial charge in [-0.2, -0.15) is 5.26 Å². The molecular formula is C7H13NS. The van der Waals surface area contributed by atoms with Gasteiger partial charge in [0.05, 0.1) is 11.8 Å². The Morgan fingerprint density at radius 1 is 1.67 bits per heavy atom. The van der Waals surface area contributed by atoms with Gasteiger partial charge in [-0.3, -0.25) is 0 Å². The van der Waals surface area contributed by atoms with Crippen molar-refractivity contribution in [2.45, 2.75) is 20.3 Å². The van der Waals surface area contributed by atoms with Crippen LogP contribution < -0.4 is 0 Å². The summed E-state index contributed by atoms with van der Waals surface area (Å²) in [6.07, 6.45) is 1.22. The van der Waals surface area contributed by atoms with Crippen LogP contribution in [0, 0.1) is 17.2 Å². The molecule has 2 heteroatoms. The Morgan fingerprint density at radius 2 is 2.33 bits per heavy atom. The normalized spacial score (nSPS) is 12.6. The molecule has 52 valence electrons. The number of nitriles is 1. The molecule has 0 aliphatic heterocycles. The average Bonchev–Trinajstić information content (AvgIpc) is 1.89. The van der Waals surface area contributed by atoms with Gasteiger partial charge in [0.2, 0.25) is 0 Å². The van der Waals surface area contributed by atoms with E-state index in [1.54, 1.807) is 11.8 Å². The highest BCUT2D eigenvalue weighted by molar-refractivity contribution is 7.99. The molecule has 0 aromatic heterocycles. The molecule has 9 heavy (non-hydrogen) atoms. The van der Waals surface area contributed by atoms with Gasteiger partial charge in [-0.1, -0.05) is 20.3 Å². The summed E-state index contributed by atoms with van der Waals surface area (Å²) in [6.45, 7) is 4.39. The molecule has 0 amide bonds. The summed E-state index contributed by atoms with van der Waals surface area (Å²) in [6, 6.07) is 2.11. The summed E-state index contributed by atoms with van der Waals surface area (Å²) in [5, 5.41) is 8.18. The second kappa shape index (κ2) is 5.97. The van der Waals surface area contributed by atoms with Crippen molar-refractivity contribution in [2.75, 3.05) is 11.5 Å². The van der Waals surface area contributed by atoms with E-state index in [1.165, 1.54) is 6.42 Å². The summed E-state index contributed by atoms with van der Waals surface area (Å²) < 4.78 is 0. The van der Waals surface area contributed by atoms with Crippen molar-refractivity contribution >= 4 is 11.8 Å². The quantitative estimate of drug-likeness (QED) is 0.564. The first-order valence-corrected chi connectivity index (χ1v) is 4.41. The molecule has 0 aromatic carbocycles. The molecular weight excluding hydrogens is 130 g/mol. The van der Waals surface area contributed by atoms with Crippen LogP contribution in [0.5, 0.6) is 0 Å². The minimum absolute atomic E-state index is 0.643. The maximum absolute atomic E-state index is 8.18. The molecule has 0 saturated carbocycles. The first-order valence-electron chi connectivity index (χ1n) is 3.26. The van der Waals surface area contributed by atoms with E-state index in [-0.39, 0.29) is 0 Å². The van der Waals surface area contributed by atoms with Gasteiger partial charge < -0.3 is 0 Å². The van der Waals surface area contributed by atoms with Gasteiger partial charge in [0.1, 0.15) is 0 Å². The van der Waals surface area contributed by atoms with Crippen LogP contribution in [0.3, 0.4) is 0 Å². The Bertz CT molecular complexity index is 95.6. The third-order valence-electron chi connectivity index (χ3n) is 1.27. The Morgan fingerprint density at radius 3 is 2.78 bits per heavy atom. The van der Waals surface area contributed by atoms with Crippen molar-refractivity contribution in [3.63, 3.8) is 0 Å². The zero-order chi connectivity index (χ0) is 7.11. The molecule has 0 bridgehead atoms. The van der Waals surface area contributed by atoms with E-state index < -0.39 is 0 Å². The van der Waals surface area contributed by atoms with Crippen LogP contribution in [0.15, 0.2) is 0 Å². The predicted octanol–water partition coefficient (Wildman–Crippen LogP) is 2.29. The minimum Gasteiger partial charge on any atom is -0.197 e. The van der Waals surface area contributed by atoms with Crippen LogP contribution in [0.4, 0.5) is 0 Å². The van der Waals surface area contributed by atoms with E-state index in [1.807, 2.05) is 0 Å². The second-order valence-corrected chi connectivity index (χ2v) is 3.22. The molecule has 0 rings (SSSR count). The molecule has 0 spiro atoms. The number of rotatable bonds is 4. The molecule has 0 fully saturated rings. The number of nitrogens with zero attached hydrogens (tertiary/aromatic N) is 1. The lowest BCUT2D eigenvalue weighted by Crippen LogP contribution is -1.95. The first-order chi connectivity index (χ1) is 4.31. The average molecular weight is 143 g/mol. The fourth-order valence-electron chi connectivity index (χ4n) is 0.424. The third kappa shape index (κ3) is 5.72. The SMILES string of the molecule is CCC(C)CSCC#N. The molecule has 0 aliphatic rings. The summed E-state index contributed by atoms with van der Waals surface area (Å²) in [4.78, 5) is 0. The van der Waals surface area contributed by atoms with E-state index in [0.29, 0.717) is 5.75 Å². The molecule has 1 unspecified atom stereocenters. The summed E-state index contributed by atoms with van der Waals surface area (Å²) in [7, 11) is 0. The first kappa shape index (κ1) is 8.84. The maximum atomic E-state index is 8.18. The van der Waals surface area contributed by atoms with E-state index >= 15 is 0 Å². The van der Waals surface area contributed by atoms with Gasteiger partial charge in [0.25, 0.3) is 0 Å². The van der Waals surface area contributed by atoms with E-state index in [4.69, 9.17) is 5.26 Å². The van der Waals surface area contributed by atoms with Gasteiger partial charge in [-0.25, -0.2) is 0 Å². The molecule has 0 aliphatic carbocycles. The topological polar surface area (TPSA) is 23.8 Å². The number of thioether (sulfide) groups is 1. The predicted molar refractivity (Wildman–Crippen MR) is 42.4 cm³/mol. The van der Waals surface area contributed by atoms with Crippen LogP contribution >= 0.6 is 11.8 Å². The van der Waals surface area contributed by atoms with Gasteiger partial charge in [-0.15, -0.1) is 11.8 Å². The fraction of sp³-hybridized carbons (Fsp3) is 0.857.